The molecule has 4 heteroatoms. The highest BCUT2D eigenvalue weighted by molar-refractivity contribution is 5.54. The van der Waals surface area contributed by atoms with Gasteiger partial charge in [-0.1, -0.05) is 30.3 Å². The third-order valence-corrected chi connectivity index (χ3v) is 4.44. The molecule has 2 aromatic rings. The van der Waals surface area contributed by atoms with E-state index in [2.05, 4.69) is 17.0 Å². The van der Waals surface area contributed by atoms with Gasteiger partial charge in [-0.05, 0) is 37.6 Å². The molecular weight excluding hydrogens is 278 g/mol. The highest BCUT2D eigenvalue weighted by Crippen LogP contribution is 2.43. The van der Waals surface area contributed by atoms with Crippen LogP contribution in [0.4, 0.5) is 0 Å². The van der Waals surface area contributed by atoms with Crippen LogP contribution in [0.3, 0.4) is 0 Å². The zero-order valence-electron chi connectivity index (χ0n) is 12.4. The Labute approximate surface area is 129 Å². The number of phenols is 1. The zero-order chi connectivity index (χ0) is 14.9. The van der Waals surface area contributed by atoms with E-state index in [0.717, 1.165) is 18.7 Å². The van der Waals surface area contributed by atoms with E-state index in [9.17, 15) is 5.11 Å². The van der Waals surface area contributed by atoms with Crippen LogP contribution in [0.1, 0.15) is 30.0 Å². The second-order valence-electron chi connectivity index (χ2n) is 5.82. The van der Waals surface area contributed by atoms with Crippen LogP contribution < -0.4 is 9.47 Å². The normalized spacial score (nSPS) is 18.5. The molecule has 1 saturated heterocycles. The first kappa shape index (κ1) is 13.5. The molecule has 2 aliphatic heterocycles. The standard InChI is InChI=1S/C18H19NO3/c20-15-11-17-16(21-12-22-17)10-14(15)18(19-8-4-5-9-19)13-6-2-1-3-7-13/h1-3,6-7,10-11,18,20H,4-5,8-9,12H2. The molecule has 2 aliphatic rings. The summed E-state index contributed by atoms with van der Waals surface area (Å²) < 4.78 is 10.8. The van der Waals surface area contributed by atoms with Crippen LogP contribution in [0.15, 0.2) is 42.5 Å². The fourth-order valence-corrected chi connectivity index (χ4v) is 3.39. The fraction of sp³-hybridized carbons (Fsp3) is 0.333. The zero-order valence-corrected chi connectivity index (χ0v) is 12.4. The van der Waals surface area contributed by atoms with Gasteiger partial charge in [0.2, 0.25) is 6.79 Å². The Morgan fingerprint density at radius 1 is 0.955 bits per heavy atom. The molecule has 1 fully saturated rings. The molecule has 1 N–H and O–H groups in total. The van der Waals surface area contributed by atoms with Crippen LogP contribution in [0.25, 0.3) is 0 Å². The minimum absolute atomic E-state index is 0.0539. The number of ether oxygens (including phenoxy) is 2. The summed E-state index contributed by atoms with van der Waals surface area (Å²) in [5.74, 6) is 1.60. The maximum atomic E-state index is 10.5. The Balaban J connectivity index is 1.81. The molecule has 0 bridgehead atoms. The van der Waals surface area contributed by atoms with E-state index in [1.54, 1.807) is 6.07 Å². The lowest BCUT2D eigenvalue weighted by atomic mass is 9.96. The summed E-state index contributed by atoms with van der Waals surface area (Å²) >= 11 is 0. The van der Waals surface area contributed by atoms with Crippen molar-refractivity contribution in [1.29, 1.82) is 0 Å². The molecule has 0 radical (unpaired) electrons. The summed E-state index contributed by atoms with van der Waals surface area (Å²) in [5, 5.41) is 10.5. The summed E-state index contributed by atoms with van der Waals surface area (Å²) in [6.45, 7) is 2.32. The number of fused-ring (bicyclic) bond motifs is 1. The quantitative estimate of drug-likeness (QED) is 0.944. The van der Waals surface area contributed by atoms with Crippen molar-refractivity contribution in [3.8, 4) is 17.2 Å². The summed E-state index contributed by atoms with van der Waals surface area (Å²) in [6, 6.07) is 14.0. The Morgan fingerprint density at radius 2 is 1.64 bits per heavy atom. The molecule has 2 heterocycles. The van der Waals surface area contributed by atoms with Gasteiger partial charge in [-0.2, -0.15) is 0 Å². The van der Waals surface area contributed by atoms with E-state index in [1.165, 1.54) is 18.4 Å². The molecule has 0 amide bonds. The second-order valence-corrected chi connectivity index (χ2v) is 5.82. The number of rotatable bonds is 3. The maximum absolute atomic E-state index is 10.5. The van der Waals surface area contributed by atoms with E-state index in [1.807, 2.05) is 24.3 Å². The molecule has 4 nitrogen and oxygen atoms in total. The average molecular weight is 297 g/mol. The van der Waals surface area contributed by atoms with Crippen LogP contribution in [-0.4, -0.2) is 29.9 Å². The molecule has 114 valence electrons. The molecule has 1 atom stereocenters. The molecule has 0 saturated carbocycles. The van der Waals surface area contributed by atoms with Crippen LogP contribution in [0.5, 0.6) is 17.2 Å². The van der Waals surface area contributed by atoms with E-state index >= 15 is 0 Å². The van der Waals surface area contributed by atoms with Crippen LogP contribution in [-0.2, 0) is 0 Å². The topological polar surface area (TPSA) is 41.9 Å². The summed E-state index contributed by atoms with van der Waals surface area (Å²) in [5.41, 5.74) is 2.08. The monoisotopic (exact) mass is 297 g/mol. The fourth-order valence-electron chi connectivity index (χ4n) is 3.39. The Bertz CT molecular complexity index is 666. The summed E-state index contributed by atoms with van der Waals surface area (Å²) in [6.07, 6.45) is 2.41. The molecule has 0 aliphatic carbocycles. The van der Waals surface area contributed by atoms with Gasteiger partial charge < -0.3 is 14.6 Å². The molecule has 1 unspecified atom stereocenters. The first-order chi connectivity index (χ1) is 10.8. The number of hydrogen-bond donors (Lipinski definition) is 1. The molecule has 0 aromatic heterocycles. The summed E-state index contributed by atoms with van der Waals surface area (Å²) in [4.78, 5) is 2.42. The van der Waals surface area contributed by atoms with Crippen molar-refractivity contribution in [3.05, 3.63) is 53.6 Å². The molecule has 2 aromatic carbocycles. The summed E-state index contributed by atoms with van der Waals surface area (Å²) in [7, 11) is 0. The van der Waals surface area contributed by atoms with Gasteiger partial charge >= 0.3 is 0 Å². The van der Waals surface area contributed by atoms with E-state index in [-0.39, 0.29) is 18.6 Å². The minimum Gasteiger partial charge on any atom is -0.507 e. The molecular formula is C18H19NO3. The van der Waals surface area contributed by atoms with Crippen molar-refractivity contribution < 1.29 is 14.6 Å². The van der Waals surface area contributed by atoms with Gasteiger partial charge in [0, 0.05) is 11.6 Å². The second kappa shape index (κ2) is 5.54. The van der Waals surface area contributed by atoms with Crippen molar-refractivity contribution in [2.24, 2.45) is 0 Å². The first-order valence-electron chi connectivity index (χ1n) is 7.74. The van der Waals surface area contributed by atoms with Crippen LogP contribution >= 0.6 is 0 Å². The van der Waals surface area contributed by atoms with Gasteiger partial charge in [0.25, 0.3) is 0 Å². The largest absolute Gasteiger partial charge is 0.507 e. The minimum atomic E-state index is 0.0539. The van der Waals surface area contributed by atoms with Crippen molar-refractivity contribution in [1.82, 2.24) is 4.90 Å². The Morgan fingerprint density at radius 3 is 2.36 bits per heavy atom. The lowest BCUT2D eigenvalue weighted by Gasteiger charge is -2.29. The van der Waals surface area contributed by atoms with E-state index < -0.39 is 0 Å². The van der Waals surface area contributed by atoms with Crippen molar-refractivity contribution >= 4 is 0 Å². The highest BCUT2D eigenvalue weighted by atomic mass is 16.7. The van der Waals surface area contributed by atoms with Gasteiger partial charge in [-0.25, -0.2) is 0 Å². The first-order valence-corrected chi connectivity index (χ1v) is 7.74. The van der Waals surface area contributed by atoms with Crippen molar-refractivity contribution in [3.63, 3.8) is 0 Å². The number of phenolic OH excluding ortho intramolecular Hbond substituents is 1. The van der Waals surface area contributed by atoms with Gasteiger partial charge in [0.05, 0.1) is 6.04 Å². The Hall–Kier alpha value is -2.20. The van der Waals surface area contributed by atoms with Gasteiger partial charge in [0.15, 0.2) is 11.5 Å². The molecule has 22 heavy (non-hydrogen) atoms. The number of aromatic hydroxyl groups is 1. The predicted octanol–water partition coefficient (Wildman–Crippen LogP) is 3.31. The lowest BCUT2D eigenvalue weighted by molar-refractivity contribution is 0.173. The van der Waals surface area contributed by atoms with E-state index in [0.29, 0.717) is 11.5 Å². The Kier molecular flexibility index (Phi) is 3.39. The van der Waals surface area contributed by atoms with Gasteiger partial charge in [0.1, 0.15) is 5.75 Å². The number of nitrogens with zero attached hydrogens (tertiary/aromatic N) is 1. The lowest BCUT2D eigenvalue weighted by Crippen LogP contribution is -2.26. The SMILES string of the molecule is Oc1cc2c(cc1C(c1ccccc1)N1CCCC1)OCO2. The van der Waals surface area contributed by atoms with Crippen LogP contribution in [0.2, 0.25) is 0 Å². The van der Waals surface area contributed by atoms with Crippen LogP contribution in [0, 0.1) is 0 Å². The number of hydrogen-bond acceptors (Lipinski definition) is 4. The smallest absolute Gasteiger partial charge is 0.231 e. The van der Waals surface area contributed by atoms with Crippen molar-refractivity contribution in [2.45, 2.75) is 18.9 Å². The van der Waals surface area contributed by atoms with E-state index in [4.69, 9.17) is 9.47 Å². The number of likely N-dealkylation sites (tertiary alicyclic amines) is 1. The highest BCUT2D eigenvalue weighted by Gasteiger charge is 2.29. The van der Waals surface area contributed by atoms with Gasteiger partial charge in [-0.3, -0.25) is 4.90 Å². The molecule has 0 spiro atoms. The van der Waals surface area contributed by atoms with Crippen molar-refractivity contribution in [2.75, 3.05) is 19.9 Å². The maximum Gasteiger partial charge on any atom is 0.231 e. The molecule has 4 rings (SSSR count). The third kappa shape index (κ3) is 2.29. The third-order valence-electron chi connectivity index (χ3n) is 4.44. The average Bonchev–Trinajstić information content (AvgIpc) is 3.20. The number of benzene rings is 2. The predicted molar refractivity (Wildman–Crippen MR) is 83.3 cm³/mol. The van der Waals surface area contributed by atoms with Gasteiger partial charge in [-0.15, -0.1) is 0 Å².